The molecule has 0 bridgehead atoms. The van der Waals surface area contributed by atoms with Crippen molar-refractivity contribution >= 4 is 11.6 Å². The van der Waals surface area contributed by atoms with Crippen molar-refractivity contribution in [1.82, 2.24) is 4.98 Å². The third-order valence-electron chi connectivity index (χ3n) is 2.21. The zero-order valence-electron chi connectivity index (χ0n) is 9.30. The lowest BCUT2D eigenvalue weighted by atomic mass is 10.2. The second-order valence-electron chi connectivity index (χ2n) is 3.63. The second kappa shape index (κ2) is 5.17. The van der Waals surface area contributed by atoms with Crippen LogP contribution in [0.25, 0.3) is 0 Å². The summed E-state index contributed by atoms with van der Waals surface area (Å²) in [5, 5.41) is 10.1. The van der Waals surface area contributed by atoms with Gasteiger partial charge in [0, 0.05) is 11.1 Å². The number of rotatable bonds is 3. The molecule has 0 saturated heterocycles. The monoisotopic (exact) mass is 249 g/mol. The Hall–Kier alpha value is -1.58. The Bertz CT molecular complexity index is 497. The number of hydrogen-bond acceptors (Lipinski definition) is 3. The van der Waals surface area contributed by atoms with Gasteiger partial charge in [0.1, 0.15) is 5.75 Å². The number of ether oxygens (including phenoxy) is 1. The van der Waals surface area contributed by atoms with Crippen LogP contribution >= 0.6 is 11.6 Å². The summed E-state index contributed by atoms with van der Waals surface area (Å²) in [6.45, 7) is 1.66. The zero-order chi connectivity index (χ0) is 12.3. The molecular weight excluding hydrogens is 238 g/mol. The minimum absolute atomic E-state index is 0.450. The molecule has 3 nitrogen and oxygen atoms in total. The Morgan fingerprint density at radius 1 is 1.18 bits per heavy atom. The normalized spacial score (nSPS) is 12.2. The lowest BCUT2D eigenvalue weighted by Gasteiger charge is -2.07. The second-order valence-corrected chi connectivity index (χ2v) is 4.07. The van der Waals surface area contributed by atoms with E-state index < -0.39 is 6.10 Å². The van der Waals surface area contributed by atoms with Gasteiger partial charge in [0.15, 0.2) is 0 Å². The fourth-order valence-electron chi connectivity index (χ4n) is 1.34. The molecule has 1 aromatic carbocycles. The Labute approximate surface area is 105 Å². The van der Waals surface area contributed by atoms with E-state index in [0.717, 1.165) is 0 Å². The highest BCUT2D eigenvalue weighted by molar-refractivity contribution is 6.30. The van der Waals surface area contributed by atoms with Crippen molar-refractivity contribution in [2.45, 2.75) is 13.0 Å². The molecule has 0 aliphatic rings. The van der Waals surface area contributed by atoms with Crippen LogP contribution in [-0.2, 0) is 0 Å². The Balaban J connectivity index is 2.18. The summed E-state index contributed by atoms with van der Waals surface area (Å²) < 4.78 is 5.54. The van der Waals surface area contributed by atoms with E-state index in [-0.39, 0.29) is 0 Å². The minimum atomic E-state index is -0.608. The first-order chi connectivity index (χ1) is 8.15. The fraction of sp³-hybridized carbons (Fsp3) is 0.154. The largest absolute Gasteiger partial charge is 0.439 e. The number of nitrogens with zero attached hydrogens (tertiary/aromatic N) is 1. The highest BCUT2D eigenvalue weighted by Crippen LogP contribution is 2.22. The zero-order valence-corrected chi connectivity index (χ0v) is 10.1. The molecule has 1 atom stereocenters. The van der Waals surface area contributed by atoms with Gasteiger partial charge in [-0.2, -0.15) is 0 Å². The molecular formula is C13H12ClNO2. The number of hydrogen-bond donors (Lipinski definition) is 1. The number of aliphatic hydroxyl groups excluding tert-OH is 1. The van der Waals surface area contributed by atoms with Crippen molar-refractivity contribution in [1.29, 1.82) is 0 Å². The van der Waals surface area contributed by atoms with Crippen molar-refractivity contribution in [3.8, 4) is 11.6 Å². The van der Waals surface area contributed by atoms with Crippen LogP contribution in [-0.4, -0.2) is 10.1 Å². The highest BCUT2D eigenvalue weighted by Gasteiger charge is 2.04. The molecule has 4 heteroatoms. The summed E-state index contributed by atoms with van der Waals surface area (Å²) in [5.74, 6) is 1.11. The first-order valence-electron chi connectivity index (χ1n) is 5.23. The quantitative estimate of drug-likeness (QED) is 0.904. The molecule has 1 unspecified atom stereocenters. The number of benzene rings is 1. The molecule has 0 radical (unpaired) electrons. The molecule has 0 amide bonds. The van der Waals surface area contributed by atoms with Gasteiger partial charge in [-0.1, -0.05) is 17.7 Å². The van der Waals surface area contributed by atoms with Crippen LogP contribution in [0.5, 0.6) is 11.6 Å². The minimum Gasteiger partial charge on any atom is -0.439 e. The van der Waals surface area contributed by atoms with Gasteiger partial charge in [-0.25, -0.2) is 4.98 Å². The van der Waals surface area contributed by atoms with Gasteiger partial charge < -0.3 is 9.84 Å². The number of pyridine rings is 1. The Morgan fingerprint density at radius 3 is 2.53 bits per heavy atom. The SMILES string of the molecule is CC(O)c1cccc(Oc2ccc(Cl)cc2)n1. The fourth-order valence-corrected chi connectivity index (χ4v) is 1.47. The van der Waals surface area contributed by atoms with Gasteiger partial charge in [-0.15, -0.1) is 0 Å². The predicted octanol–water partition coefficient (Wildman–Crippen LogP) is 3.58. The van der Waals surface area contributed by atoms with Crippen molar-refractivity contribution in [3.05, 3.63) is 53.2 Å². The molecule has 0 spiro atoms. The topological polar surface area (TPSA) is 42.4 Å². The van der Waals surface area contributed by atoms with Crippen LogP contribution < -0.4 is 4.74 Å². The summed E-state index contributed by atoms with van der Waals surface area (Å²) in [5.41, 5.74) is 0.580. The van der Waals surface area contributed by atoms with E-state index >= 15 is 0 Å². The van der Waals surface area contributed by atoms with Gasteiger partial charge in [-0.3, -0.25) is 0 Å². The van der Waals surface area contributed by atoms with E-state index in [9.17, 15) is 5.11 Å². The lowest BCUT2D eigenvalue weighted by Crippen LogP contribution is -1.96. The average molecular weight is 250 g/mol. The number of halogens is 1. The van der Waals surface area contributed by atoms with E-state index in [4.69, 9.17) is 16.3 Å². The molecule has 1 N–H and O–H groups in total. The third kappa shape index (κ3) is 3.19. The maximum atomic E-state index is 9.42. The smallest absolute Gasteiger partial charge is 0.219 e. The Kier molecular flexibility index (Phi) is 3.61. The lowest BCUT2D eigenvalue weighted by molar-refractivity contribution is 0.193. The maximum Gasteiger partial charge on any atom is 0.219 e. The van der Waals surface area contributed by atoms with E-state index in [1.165, 1.54) is 0 Å². The van der Waals surface area contributed by atoms with Gasteiger partial charge in [0.05, 0.1) is 11.8 Å². The summed E-state index contributed by atoms with van der Waals surface area (Å²) in [6.07, 6.45) is -0.608. The Morgan fingerprint density at radius 2 is 1.88 bits per heavy atom. The van der Waals surface area contributed by atoms with Crippen molar-refractivity contribution in [2.24, 2.45) is 0 Å². The third-order valence-corrected chi connectivity index (χ3v) is 2.46. The van der Waals surface area contributed by atoms with Crippen LogP contribution in [0.15, 0.2) is 42.5 Å². The van der Waals surface area contributed by atoms with E-state index in [1.807, 2.05) is 0 Å². The predicted molar refractivity (Wildman–Crippen MR) is 66.4 cm³/mol. The summed E-state index contributed by atoms with van der Waals surface area (Å²) in [4.78, 5) is 4.18. The van der Waals surface area contributed by atoms with Crippen LogP contribution in [0.4, 0.5) is 0 Å². The molecule has 1 aromatic heterocycles. The molecule has 0 aliphatic heterocycles. The van der Waals surface area contributed by atoms with E-state index in [2.05, 4.69) is 4.98 Å². The van der Waals surface area contributed by atoms with Crippen LogP contribution in [0, 0.1) is 0 Å². The van der Waals surface area contributed by atoms with Gasteiger partial charge >= 0.3 is 0 Å². The van der Waals surface area contributed by atoms with Crippen LogP contribution in [0.3, 0.4) is 0 Å². The van der Waals surface area contributed by atoms with Crippen molar-refractivity contribution in [3.63, 3.8) is 0 Å². The number of aliphatic hydroxyl groups is 1. The summed E-state index contributed by atoms with van der Waals surface area (Å²) in [7, 11) is 0. The first-order valence-corrected chi connectivity index (χ1v) is 5.61. The van der Waals surface area contributed by atoms with E-state index in [1.54, 1.807) is 49.4 Å². The molecule has 88 valence electrons. The standard InChI is InChI=1S/C13H12ClNO2/c1-9(16)12-3-2-4-13(15-12)17-11-7-5-10(14)6-8-11/h2-9,16H,1H3. The molecule has 2 aromatic rings. The first kappa shape index (κ1) is 11.9. The molecule has 2 rings (SSSR count). The highest BCUT2D eigenvalue weighted by atomic mass is 35.5. The van der Waals surface area contributed by atoms with Gasteiger partial charge in [0.25, 0.3) is 0 Å². The summed E-state index contributed by atoms with van der Waals surface area (Å²) in [6, 6.07) is 12.3. The molecule has 0 fully saturated rings. The molecule has 17 heavy (non-hydrogen) atoms. The maximum absolute atomic E-state index is 9.42. The van der Waals surface area contributed by atoms with Gasteiger partial charge in [0.2, 0.25) is 5.88 Å². The van der Waals surface area contributed by atoms with Crippen LogP contribution in [0.1, 0.15) is 18.7 Å². The summed E-state index contributed by atoms with van der Waals surface area (Å²) >= 11 is 5.78. The number of aromatic nitrogens is 1. The van der Waals surface area contributed by atoms with Crippen molar-refractivity contribution < 1.29 is 9.84 Å². The van der Waals surface area contributed by atoms with Crippen LogP contribution in [0.2, 0.25) is 5.02 Å². The van der Waals surface area contributed by atoms with E-state index in [0.29, 0.717) is 22.3 Å². The van der Waals surface area contributed by atoms with Gasteiger partial charge in [-0.05, 0) is 37.3 Å². The molecule has 0 saturated carbocycles. The van der Waals surface area contributed by atoms with Crippen molar-refractivity contribution in [2.75, 3.05) is 0 Å². The molecule has 1 heterocycles. The molecule has 0 aliphatic carbocycles. The average Bonchev–Trinajstić information content (AvgIpc) is 2.32.